The quantitative estimate of drug-likeness (QED) is 0.751. The number of hydrogen-bond acceptors (Lipinski definition) is 5. The summed E-state index contributed by atoms with van der Waals surface area (Å²) in [6.07, 6.45) is 1.52. The average molecular weight is 245 g/mol. The fourth-order valence-electron chi connectivity index (χ4n) is 1.98. The molecular formula is C12H15N5O. The molecule has 0 aromatic carbocycles. The summed E-state index contributed by atoms with van der Waals surface area (Å²) in [6.45, 7) is 4.70. The molecule has 0 bridgehead atoms. The van der Waals surface area contributed by atoms with E-state index in [4.69, 9.17) is 5.26 Å². The Bertz CT molecular complexity index is 474. The molecule has 1 fully saturated rings. The molecule has 6 nitrogen and oxygen atoms in total. The molecule has 1 saturated heterocycles. The van der Waals surface area contributed by atoms with Crippen LogP contribution in [0.4, 0.5) is 5.82 Å². The van der Waals surface area contributed by atoms with Gasteiger partial charge in [-0.15, -0.1) is 0 Å². The van der Waals surface area contributed by atoms with E-state index < -0.39 is 0 Å². The molecule has 94 valence electrons. The molecule has 2 heterocycles. The topological polar surface area (TPSA) is 73.1 Å². The van der Waals surface area contributed by atoms with E-state index in [2.05, 4.69) is 14.9 Å². The molecule has 0 atom stereocenters. The molecule has 0 N–H and O–H groups in total. The number of aromatic nitrogens is 2. The van der Waals surface area contributed by atoms with Crippen LogP contribution < -0.4 is 4.90 Å². The van der Waals surface area contributed by atoms with Crippen molar-refractivity contribution in [2.75, 3.05) is 31.1 Å². The van der Waals surface area contributed by atoms with Gasteiger partial charge in [0, 0.05) is 37.9 Å². The molecule has 1 aromatic rings. The maximum absolute atomic E-state index is 11.6. The molecular weight excluding hydrogens is 230 g/mol. The number of nitriles is 1. The van der Waals surface area contributed by atoms with Gasteiger partial charge in [-0.1, -0.05) is 0 Å². The third kappa shape index (κ3) is 2.74. The van der Waals surface area contributed by atoms with Crippen LogP contribution in [0.15, 0.2) is 12.4 Å². The lowest BCUT2D eigenvalue weighted by Gasteiger charge is -2.35. The first kappa shape index (κ1) is 12.3. The van der Waals surface area contributed by atoms with Crippen LogP contribution in [0, 0.1) is 18.3 Å². The van der Waals surface area contributed by atoms with Crippen molar-refractivity contribution >= 4 is 11.7 Å². The number of amides is 1. The SMILES string of the molecule is Cc1cc(N2CCN(C(=O)CC#N)CC2)ncn1. The van der Waals surface area contributed by atoms with Crippen LogP contribution in [0.25, 0.3) is 0 Å². The van der Waals surface area contributed by atoms with E-state index in [1.807, 2.05) is 19.1 Å². The minimum absolute atomic E-state index is 0.0351. The van der Waals surface area contributed by atoms with Crippen LogP contribution in [0.3, 0.4) is 0 Å². The highest BCUT2D eigenvalue weighted by molar-refractivity contribution is 5.78. The first-order valence-electron chi connectivity index (χ1n) is 5.89. The molecule has 1 amide bonds. The number of anilines is 1. The zero-order valence-corrected chi connectivity index (χ0v) is 10.3. The lowest BCUT2D eigenvalue weighted by Crippen LogP contribution is -2.49. The Morgan fingerprint density at radius 1 is 1.39 bits per heavy atom. The van der Waals surface area contributed by atoms with E-state index in [0.717, 1.165) is 24.6 Å². The van der Waals surface area contributed by atoms with Crippen LogP contribution in [-0.4, -0.2) is 47.0 Å². The van der Waals surface area contributed by atoms with E-state index in [1.165, 1.54) is 0 Å². The van der Waals surface area contributed by atoms with Gasteiger partial charge in [-0.3, -0.25) is 4.79 Å². The molecule has 0 aliphatic carbocycles. The molecule has 1 aliphatic rings. The third-order valence-electron chi connectivity index (χ3n) is 2.98. The van der Waals surface area contributed by atoms with Crippen molar-refractivity contribution in [3.05, 3.63) is 18.1 Å². The maximum atomic E-state index is 11.6. The van der Waals surface area contributed by atoms with E-state index in [-0.39, 0.29) is 12.3 Å². The summed E-state index contributed by atoms with van der Waals surface area (Å²) in [5.41, 5.74) is 0.933. The third-order valence-corrected chi connectivity index (χ3v) is 2.98. The lowest BCUT2D eigenvalue weighted by atomic mass is 10.2. The van der Waals surface area contributed by atoms with Gasteiger partial charge in [-0.25, -0.2) is 9.97 Å². The van der Waals surface area contributed by atoms with Crippen LogP contribution in [-0.2, 0) is 4.79 Å². The minimum atomic E-state index is -0.0870. The van der Waals surface area contributed by atoms with Gasteiger partial charge in [0.05, 0.1) is 6.07 Å². The highest BCUT2D eigenvalue weighted by Crippen LogP contribution is 2.13. The van der Waals surface area contributed by atoms with E-state index in [0.29, 0.717) is 13.1 Å². The fourth-order valence-corrected chi connectivity index (χ4v) is 1.98. The van der Waals surface area contributed by atoms with Crippen LogP contribution in [0.1, 0.15) is 12.1 Å². The summed E-state index contributed by atoms with van der Waals surface area (Å²) in [7, 11) is 0. The Kier molecular flexibility index (Phi) is 3.72. The Hall–Kier alpha value is -2.16. The van der Waals surface area contributed by atoms with Gasteiger partial charge in [-0.2, -0.15) is 5.26 Å². The van der Waals surface area contributed by atoms with Crippen LogP contribution >= 0.6 is 0 Å². The highest BCUT2D eigenvalue weighted by Gasteiger charge is 2.21. The van der Waals surface area contributed by atoms with Gasteiger partial charge in [-0.05, 0) is 6.92 Å². The molecule has 6 heteroatoms. The maximum Gasteiger partial charge on any atom is 0.236 e. The largest absolute Gasteiger partial charge is 0.353 e. The van der Waals surface area contributed by atoms with E-state index in [1.54, 1.807) is 11.2 Å². The number of piperazine rings is 1. The predicted molar refractivity (Wildman–Crippen MR) is 65.8 cm³/mol. The summed E-state index contributed by atoms with van der Waals surface area (Å²) in [4.78, 5) is 23.7. The van der Waals surface area contributed by atoms with Crippen molar-refractivity contribution in [1.82, 2.24) is 14.9 Å². The Labute approximate surface area is 106 Å². The van der Waals surface area contributed by atoms with Crippen LogP contribution in [0.5, 0.6) is 0 Å². The minimum Gasteiger partial charge on any atom is -0.353 e. The fraction of sp³-hybridized carbons (Fsp3) is 0.500. The second kappa shape index (κ2) is 5.45. The normalized spacial score (nSPS) is 15.3. The number of aryl methyl sites for hydroxylation is 1. The first-order valence-corrected chi connectivity index (χ1v) is 5.89. The highest BCUT2D eigenvalue weighted by atomic mass is 16.2. The van der Waals surface area contributed by atoms with Gasteiger partial charge in [0.2, 0.25) is 5.91 Å². The van der Waals surface area contributed by atoms with Crippen molar-refractivity contribution in [2.45, 2.75) is 13.3 Å². The van der Waals surface area contributed by atoms with Gasteiger partial charge < -0.3 is 9.80 Å². The van der Waals surface area contributed by atoms with Crippen molar-refractivity contribution in [3.63, 3.8) is 0 Å². The Morgan fingerprint density at radius 3 is 2.72 bits per heavy atom. The first-order chi connectivity index (χ1) is 8.70. The second-order valence-corrected chi connectivity index (χ2v) is 4.22. The van der Waals surface area contributed by atoms with Crippen molar-refractivity contribution in [1.29, 1.82) is 5.26 Å². The van der Waals surface area contributed by atoms with Crippen molar-refractivity contribution in [3.8, 4) is 6.07 Å². The molecule has 1 aliphatic heterocycles. The van der Waals surface area contributed by atoms with Gasteiger partial charge in [0.25, 0.3) is 0 Å². The van der Waals surface area contributed by atoms with Crippen LogP contribution in [0.2, 0.25) is 0 Å². The monoisotopic (exact) mass is 245 g/mol. The number of rotatable bonds is 2. The smallest absolute Gasteiger partial charge is 0.236 e. The molecule has 0 unspecified atom stereocenters. The summed E-state index contributed by atoms with van der Waals surface area (Å²) in [6, 6.07) is 3.83. The average Bonchev–Trinajstić information content (AvgIpc) is 2.39. The Morgan fingerprint density at radius 2 is 2.11 bits per heavy atom. The van der Waals surface area contributed by atoms with Gasteiger partial charge in [0.15, 0.2) is 0 Å². The van der Waals surface area contributed by atoms with Gasteiger partial charge >= 0.3 is 0 Å². The summed E-state index contributed by atoms with van der Waals surface area (Å²) >= 11 is 0. The molecule has 1 aromatic heterocycles. The Balaban J connectivity index is 1.95. The standard InChI is InChI=1S/C12H15N5O/c1-10-8-11(15-9-14-10)16-4-6-17(7-5-16)12(18)2-3-13/h8-9H,2,4-7H2,1H3. The zero-order valence-electron chi connectivity index (χ0n) is 10.3. The number of carbonyl (C=O) groups excluding carboxylic acids is 1. The van der Waals surface area contributed by atoms with E-state index in [9.17, 15) is 4.79 Å². The second-order valence-electron chi connectivity index (χ2n) is 4.22. The molecule has 0 spiro atoms. The summed E-state index contributed by atoms with van der Waals surface area (Å²) < 4.78 is 0. The van der Waals surface area contributed by atoms with Crippen molar-refractivity contribution in [2.24, 2.45) is 0 Å². The molecule has 2 rings (SSSR count). The van der Waals surface area contributed by atoms with Crippen molar-refractivity contribution < 1.29 is 4.79 Å². The predicted octanol–water partition coefficient (Wildman–Crippen LogP) is 0.347. The van der Waals surface area contributed by atoms with E-state index >= 15 is 0 Å². The summed E-state index contributed by atoms with van der Waals surface area (Å²) in [5, 5.41) is 8.50. The molecule has 0 radical (unpaired) electrons. The number of nitrogens with zero attached hydrogens (tertiary/aromatic N) is 5. The lowest BCUT2D eigenvalue weighted by molar-refractivity contribution is -0.130. The van der Waals surface area contributed by atoms with Gasteiger partial charge in [0.1, 0.15) is 18.6 Å². The number of hydrogen-bond donors (Lipinski definition) is 0. The molecule has 0 saturated carbocycles. The number of carbonyl (C=O) groups is 1. The summed E-state index contributed by atoms with van der Waals surface area (Å²) in [5.74, 6) is 0.811. The zero-order chi connectivity index (χ0) is 13.0. The molecule has 18 heavy (non-hydrogen) atoms.